The second-order valence-electron chi connectivity index (χ2n) is 12.9. The van der Waals surface area contributed by atoms with E-state index < -0.39 is 23.9 Å². The van der Waals surface area contributed by atoms with Crippen molar-refractivity contribution < 1.29 is 57.9 Å². The predicted molar refractivity (Wildman–Crippen MR) is 204 cm³/mol. The number of ether oxygens (including phenoxy) is 4. The van der Waals surface area contributed by atoms with E-state index in [4.69, 9.17) is 35.5 Å². The van der Waals surface area contributed by atoms with Crippen LogP contribution in [0.25, 0.3) is 0 Å². The second-order valence-corrected chi connectivity index (χ2v) is 12.9. The molecule has 0 radical (unpaired) electrons. The summed E-state index contributed by atoms with van der Waals surface area (Å²) in [6, 6.07) is -1.14. The molecule has 0 spiro atoms. The van der Waals surface area contributed by atoms with Crippen molar-refractivity contribution >= 4 is 41.5 Å². The Morgan fingerprint density at radius 3 is 1.42 bits per heavy atom. The number of hydrazone groups is 1. The third kappa shape index (κ3) is 38.0. The number of hydrogen-bond donors (Lipinski definition) is 8. The summed E-state index contributed by atoms with van der Waals surface area (Å²) in [6.07, 6.45) is 15.5. The van der Waals surface area contributed by atoms with Crippen molar-refractivity contribution in [1.82, 2.24) is 21.4 Å². The van der Waals surface area contributed by atoms with Gasteiger partial charge in [0.2, 0.25) is 23.7 Å². The number of guanidine groups is 1. The fourth-order valence-electron chi connectivity index (χ4n) is 5.08. The molecule has 19 heteroatoms. The minimum absolute atomic E-state index is 0.0279. The summed E-state index contributed by atoms with van der Waals surface area (Å²) in [7, 11) is 0. The fraction of sp³-hybridized carbons (Fsp3) is 0.806. The zero-order chi connectivity index (χ0) is 40.8. The van der Waals surface area contributed by atoms with Crippen LogP contribution in [0.15, 0.2) is 5.10 Å². The van der Waals surface area contributed by atoms with E-state index in [0.717, 1.165) is 38.5 Å². The summed E-state index contributed by atoms with van der Waals surface area (Å²) in [5.41, 5.74) is 12.3. The highest BCUT2D eigenvalue weighted by Gasteiger charge is 2.20. The Bertz CT molecular complexity index is 1090. The van der Waals surface area contributed by atoms with E-state index >= 15 is 0 Å². The molecule has 10 N–H and O–H groups in total. The number of aliphatic carboxylic acids is 2. The van der Waals surface area contributed by atoms with Crippen LogP contribution in [0.3, 0.4) is 0 Å². The smallest absolute Gasteiger partial charge is 0.326 e. The van der Waals surface area contributed by atoms with Gasteiger partial charge in [-0.05, 0) is 19.3 Å². The number of unbranched alkanes of at least 4 members (excludes halogenated alkanes) is 13. The third-order valence-electron chi connectivity index (χ3n) is 8.00. The number of carbonyl (C=O) groups excluding carboxylic acids is 4. The molecule has 0 aromatic heterocycles. The van der Waals surface area contributed by atoms with E-state index in [1.807, 2.05) is 0 Å². The number of carboxylic acids is 2. The van der Waals surface area contributed by atoms with Gasteiger partial charge in [-0.2, -0.15) is 0 Å². The van der Waals surface area contributed by atoms with Gasteiger partial charge in [0.05, 0.1) is 39.6 Å². The lowest BCUT2D eigenvalue weighted by atomic mass is 10.0. The summed E-state index contributed by atoms with van der Waals surface area (Å²) < 4.78 is 21.0. The molecule has 19 nitrogen and oxygen atoms in total. The molecule has 0 aromatic carbocycles. The van der Waals surface area contributed by atoms with Crippen molar-refractivity contribution in [2.24, 2.45) is 16.6 Å². The second kappa shape index (κ2) is 36.9. The Morgan fingerprint density at radius 2 is 0.945 bits per heavy atom. The Morgan fingerprint density at radius 1 is 0.509 bits per heavy atom. The zero-order valence-corrected chi connectivity index (χ0v) is 32.5. The van der Waals surface area contributed by atoms with Crippen LogP contribution in [0.1, 0.15) is 116 Å². The number of carbonyl (C=O) groups is 6. The molecule has 0 saturated heterocycles. The van der Waals surface area contributed by atoms with Gasteiger partial charge in [0.15, 0.2) is 0 Å². The zero-order valence-electron chi connectivity index (χ0n) is 32.5. The predicted octanol–water partition coefficient (Wildman–Crippen LogP) is 1.27. The molecule has 0 fully saturated rings. The Labute approximate surface area is 324 Å². The van der Waals surface area contributed by atoms with E-state index in [0.29, 0.717) is 6.42 Å². The van der Waals surface area contributed by atoms with Crippen LogP contribution in [-0.4, -0.2) is 124 Å². The lowest BCUT2D eigenvalue weighted by Crippen LogP contribution is -2.41. The lowest BCUT2D eigenvalue weighted by Gasteiger charge is -2.14. The monoisotopic (exact) mass is 789 g/mol. The van der Waals surface area contributed by atoms with Crippen LogP contribution in [-0.2, 0) is 47.7 Å². The van der Waals surface area contributed by atoms with Gasteiger partial charge in [-0.25, -0.2) is 10.2 Å². The van der Waals surface area contributed by atoms with Crippen molar-refractivity contribution in [2.45, 2.75) is 122 Å². The van der Waals surface area contributed by atoms with E-state index in [-0.39, 0.29) is 115 Å². The summed E-state index contributed by atoms with van der Waals surface area (Å²) >= 11 is 0. The Kier molecular flexibility index (Phi) is 34.2. The Balaban J connectivity index is 3.67. The largest absolute Gasteiger partial charge is 0.481 e. The van der Waals surface area contributed by atoms with Gasteiger partial charge >= 0.3 is 11.9 Å². The van der Waals surface area contributed by atoms with Crippen molar-refractivity contribution in [1.29, 1.82) is 0 Å². The Hall–Kier alpha value is -4.07. The molecule has 0 aromatic rings. The highest BCUT2D eigenvalue weighted by atomic mass is 16.5. The molecule has 0 rings (SSSR count). The average molecular weight is 790 g/mol. The van der Waals surface area contributed by atoms with Gasteiger partial charge in [-0.3, -0.25) is 24.0 Å². The first-order valence-electron chi connectivity index (χ1n) is 19.5. The van der Waals surface area contributed by atoms with E-state index in [2.05, 4.69) is 26.5 Å². The molecule has 0 aliphatic carbocycles. The summed E-state index contributed by atoms with van der Waals surface area (Å²) in [6.45, 7) is 1.23. The molecule has 0 bridgehead atoms. The molecule has 4 amide bonds. The van der Waals surface area contributed by atoms with Gasteiger partial charge in [0.25, 0.3) is 5.91 Å². The molecule has 0 unspecified atom stereocenters. The van der Waals surface area contributed by atoms with Crippen LogP contribution in [0.4, 0.5) is 0 Å². The molecule has 318 valence electrons. The van der Waals surface area contributed by atoms with E-state index in [1.165, 1.54) is 44.9 Å². The van der Waals surface area contributed by atoms with Crippen molar-refractivity contribution in [3.63, 3.8) is 0 Å². The van der Waals surface area contributed by atoms with Crippen LogP contribution in [0.2, 0.25) is 0 Å². The molecule has 55 heavy (non-hydrogen) atoms. The van der Waals surface area contributed by atoms with E-state index in [1.54, 1.807) is 0 Å². The van der Waals surface area contributed by atoms with E-state index in [9.17, 15) is 33.9 Å². The maximum absolute atomic E-state index is 12.3. The summed E-state index contributed by atoms with van der Waals surface area (Å²) in [4.78, 5) is 69.7. The summed E-state index contributed by atoms with van der Waals surface area (Å²) in [5.74, 6) is -3.71. The highest BCUT2D eigenvalue weighted by molar-refractivity contribution is 5.84. The van der Waals surface area contributed by atoms with Gasteiger partial charge < -0.3 is 56.6 Å². The molecule has 0 aliphatic rings. The number of nitrogens with one attached hydrogen (secondary N) is 4. The van der Waals surface area contributed by atoms with Gasteiger partial charge in [0, 0.05) is 32.4 Å². The van der Waals surface area contributed by atoms with Crippen LogP contribution >= 0.6 is 0 Å². The first kappa shape index (κ1) is 50.9. The third-order valence-corrected chi connectivity index (χ3v) is 8.00. The maximum Gasteiger partial charge on any atom is 0.326 e. The minimum Gasteiger partial charge on any atom is -0.481 e. The van der Waals surface area contributed by atoms with Gasteiger partial charge in [0.1, 0.15) is 19.3 Å². The highest BCUT2D eigenvalue weighted by Crippen LogP contribution is 2.14. The lowest BCUT2D eigenvalue weighted by molar-refractivity contribution is -0.142. The number of nitrogens with zero attached hydrogens (tertiary/aromatic N) is 1. The number of hydrogen-bond acceptors (Lipinski definition) is 11. The molecule has 0 aliphatic heterocycles. The van der Waals surface area contributed by atoms with Crippen LogP contribution in [0.5, 0.6) is 0 Å². The molecule has 0 heterocycles. The normalized spacial score (nSPS) is 11.3. The summed E-state index contributed by atoms with van der Waals surface area (Å²) in [5, 5.41) is 29.2. The SMILES string of the molecule is NC(N)=NNC(=O)COCCOCCNC(=O)COCCOCCNC(=O)CC[C@H](NC(=O)CCCCCCCCCCCCCCCCC(=O)O)C(=O)O. The number of nitrogens with two attached hydrogens (primary N) is 2. The van der Waals surface area contributed by atoms with Crippen molar-refractivity contribution in [2.75, 3.05) is 65.9 Å². The minimum atomic E-state index is -1.19. The molecule has 0 saturated carbocycles. The first-order chi connectivity index (χ1) is 26.5. The molecular formula is C36H67N7O12. The van der Waals surface area contributed by atoms with Gasteiger partial charge in [-0.15, -0.1) is 5.10 Å². The number of carboxylic acid groups (broad SMARTS) is 2. The van der Waals surface area contributed by atoms with Crippen molar-refractivity contribution in [3.05, 3.63) is 0 Å². The number of rotatable bonds is 39. The quantitative estimate of drug-likeness (QED) is 0.0188. The molecular weight excluding hydrogens is 722 g/mol. The number of amides is 4. The van der Waals surface area contributed by atoms with Crippen LogP contribution < -0.4 is 32.8 Å². The average Bonchev–Trinajstić information content (AvgIpc) is 3.14. The first-order valence-corrected chi connectivity index (χ1v) is 19.5. The van der Waals surface area contributed by atoms with Crippen molar-refractivity contribution in [3.8, 4) is 0 Å². The van der Waals surface area contributed by atoms with Crippen LogP contribution in [0, 0.1) is 0 Å². The fourth-order valence-corrected chi connectivity index (χ4v) is 5.08. The maximum atomic E-state index is 12.3. The topological polar surface area (TPSA) is 292 Å². The molecule has 1 atom stereocenters. The standard InChI is InChI=1S/C36H67N7O12/c37-36(38)43-42-33(47)28-55-26-24-53-22-20-40-32(46)27-54-25-23-52-21-19-39-30(44)18-17-29(35(50)51)41-31(45)15-13-11-9-7-5-3-1-2-4-6-8-10-12-14-16-34(48)49/h29H,1-28H2,(H,39,44)(H,40,46)(H,41,45)(H,42,47)(H,48,49)(H,50,51)(H4,37,38,43)/t29-/m0/s1. The van der Waals surface area contributed by atoms with Gasteiger partial charge in [-0.1, -0.05) is 77.0 Å².